The number of carbonyl (C=O) groups is 1. The molecule has 0 aliphatic carbocycles. The Bertz CT molecular complexity index is 521. The predicted octanol–water partition coefficient (Wildman–Crippen LogP) is 2.57. The van der Waals surface area contributed by atoms with Crippen molar-refractivity contribution in [2.45, 2.75) is 0 Å². The van der Waals surface area contributed by atoms with Crippen LogP contribution in [0.2, 0.25) is 10.3 Å². The molecule has 0 amide bonds. The number of nitrogens with zero attached hydrogens (tertiary/aromatic N) is 1. The van der Waals surface area contributed by atoms with Gasteiger partial charge in [0.15, 0.2) is 0 Å². The molecular formula is C8H4Cl2N2O2. The fraction of sp³-hybridized carbons (Fsp3) is 0. The van der Waals surface area contributed by atoms with Crippen molar-refractivity contribution in [3.63, 3.8) is 0 Å². The molecule has 2 aromatic rings. The van der Waals surface area contributed by atoms with E-state index in [1.807, 2.05) is 0 Å². The van der Waals surface area contributed by atoms with Crippen molar-refractivity contribution in [2.24, 2.45) is 0 Å². The van der Waals surface area contributed by atoms with Crippen LogP contribution in [0.4, 0.5) is 0 Å². The molecular weight excluding hydrogens is 227 g/mol. The van der Waals surface area contributed by atoms with Crippen LogP contribution in [0.25, 0.3) is 10.9 Å². The molecule has 0 fully saturated rings. The smallest absolute Gasteiger partial charge is 0.341 e. The Morgan fingerprint density at radius 1 is 1.43 bits per heavy atom. The zero-order chi connectivity index (χ0) is 10.3. The van der Waals surface area contributed by atoms with E-state index in [2.05, 4.69) is 9.97 Å². The van der Waals surface area contributed by atoms with Crippen molar-refractivity contribution in [2.75, 3.05) is 0 Å². The summed E-state index contributed by atoms with van der Waals surface area (Å²) < 4.78 is 0. The second-order valence-electron chi connectivity index (χ2n) is 2.64. The third-order valence-corrected chi connectivity index (χ3v) is 2.40. The van der Waals surface area contributed by atoms with Gasteiger partial charge < -0.3 is 10.1 Å². The summed E-state index contributed by atoms with van der Waals surface area (Å²) in [7, 11) is 0. The quantitative estimate of drug-likeness (QED) is 0.741. The zero-order valence-electron chi connectivity index (χ0n) is 6.71. The van der Waals surface area contributed by atoms with E-state index in [-0.39, 0.29) is 15.9 Å². The van der Waals surface area contributed by atoms with Gasteiger partial charge in [0.2, 0.25) is 0 Å². The highest BCUT2D eigenvalue weighted by molar-refractivity contribution is 6.38. The van der Waals surface area contributed by atoms with Gasteiger partial charge in [-0.05, 0) is 6.07 Å². The number of fused-ring (bicyclic) bond motifs is 1. The maximum absolute atomic E-state index is 10.9. The van der Waals surface area contributed by atoms with Crippen LogP contribution in [0.3, 0.4) is 0 Å². The lowest BCUT2D eigenvalue weighted by molar-refractivity contribution is 0.0698. The number of nitrogens with one attached hydrogen (secondary N) is 1. The van der Waals surface area contributed by atoms with Crippen LogP contribution in [0, 0.1) is 0 Å². The zero-order valence-corrected chi connectivity index (χ0v) is 8.23. The van der Waals surface area contributed by atoms with E-state index in [9.17, 15) is 4.79 Å². The summed E-state index contributed by atoms with van der Waals surface area (Å²) in [5.74, 6) is -1.13. The van der Waals surface area contributed by atoms with Crippen molar-refractivity contribution < 1.29 is 9.90 Å². The van der Waals surface area contributed by atoms with E-state index in [4.69, 9.17) is 28.3 Å². The van der Waals surface area contributed by atoms with Crippen LogP contribution in [0.1, 0.15) is 10.4 Å². The Morgan fingerprint density at radius 2 is 2.14 bits per heavy atom. The fourth-order valence-corrected chi connectivity index (χ4v) is 1.79. The highest BCUT2D eigenvalue weighted by atomic mass is 35.5. The number of pyridine rings is 1. The number of aromatic amines is 1. The summed E-state index contributed by atoms with van der Waals surface area (Å²) in [5, 5.41) is 9.51. The van der Waals surface area contributed by atoms with Crippen LogP contribution < -0.4 is 0 Å². The normalized spacial score (nSPS) is 10.7. The van der Waals surface area contributed by atoms with Gasteiger partial charge in [0.1, 0.15) is 15.9 Å². The van der Waals surface area contributed by atoms with Gasteiger partial charge in [-0.3, -0.25) is 0 Å². The first-order valence-corrected chi connectivity index (χ1v) is 4.42. The van der Waals surface area contributed by atoms with Crippen LogP contribution in [0.15, 0.2) is 12.3 Å². The Balaban J connectivity index is 2.93. The minimum atomic E-state index is -1.13. The van der Waals surface area contributed by atoms with Crippen molar-refractivity contribution in [1.29, 1.82) is 0 Å². The van der Waals surface area contributed by atoms with Crippen molar-refractivity contribution in [3.8, 4) is 0 Å². The van der Waals surface area contributed by atoms with Crippen molar-refractivity contribution in [1.82, 2.24) is 9.97 Å². The Kier molecular flexibility index (Phi) is 2.09. The average molecular weight is 231 g/mol. The van der Waals surface area contributed by atoms with E-state index < -0.39 is 5.97 Å². The number of hydrogen-bond acceptors (Lipinski definition) is 2. The molecule has 0 aliphatic heterocycles. The average Bonchev–Trinajstić information content (AvgIpc) is 2.51. The van der Waals surface area contributed by atoms with Gasteiger partial charge in [0, 0.05) is 11.6 Å². The minimum absolute atomic E-state index is 0.0592. The number of halogens is 2. The molecule has 0 radical (unpaired) electrons. The molecule has 4 nitrogen and oxygen atoms in total. The van der Waals surface area contributed by atoms with Crippen LogP contribution in [-0.2, 0) is 0 Å². The van der Waals surface area contributed by atoms with Crippen LogP contribution in [0.5, 0.6) is 0 Å². The molecule has 0 aliphatic rings. The van der Waals surface area contributed by atoms with Crippen molar-refractivity contribution >= 4 is 40.1 Å². The molecule has 14 heavy (non-hydrogen) atoms. The molecule has 0 spiro atoms. The topological polar surface area (TPSA) is 66.0 Å². The number of rotatable bonds is 1. The number of H-pyrrole nitrogens is 1. The van der Waals surface area contributed by atoms with Gasteiger partial charge in [-0.1, -0.05) is 23.2 Å². The molecule has 0 aromatic carbocycles. The third kappa shape index (κ3) is 1.23. The van der Waals surface area contributed by atoms with E-state index in [0.717, 1.165) is 0 Å². The lowest BCUT2D eigenvalue weighted by Gasteiger charge is -2.01. The molecule has 72 valence electrons. The maximum atomic E-state index is 10.9. The Labute approximate surface area is 88.5 Å². The third-order valence-electron chi connectivity index (χ3n) is 1.84. The molecule has 2 aromatic heterocycles. The molecule has 6 heteroatoms. The standard InChI is InChI=1S/C8H4Cl2N2O2/c9-6-3-1-2-11-5(3)4(8(13)14)7(10)12-6/h1-2,11H,(H,13,14). The van der Waals surface area contributed by atoms with Crippen molar-refractivity contribution in [3.05, 3.63) is 28.1 Å². The van der Waals surface area contributed by atoms with E-state index in [1.54, 1.807) is 12.3 Å². The largest absolute Gasteiger partial charge is 0.478 e. The first kappa shape index (κ1) is 9.30. The molecule has 2 N–H and O–H groups in total. The summed E-state index contributed by atoms with van der Waals surface area (Å²) >= 11 is 11.4. The Morgan fingerprint density at radius 3 is 2.79 bits per heavy atom. The number of hydrogen-bond donors (Lipinski definition) is 2. The molecule has 0 unspecified atom stereocenters. The minimum Gasteiger partial charge on any atom is -0.478 e. The van der Waals surface area contributed by atoms with Crippen LogP contribution >= 0.6 is 23.2 Å². The predicted molar refractivity (Wildman–Crippen MR) is 53.1 cm³/mol. The summed E-state index contributed by atoms with van der Waals surface area (Å²) in [5.41, 5.74) is 0.332. The van der Waals surface area contributed by atoms with E-state index in [0.29, 0.717) is 10.9 Å². The van der Waals surface area contributed by atoms with Gasteiger partial charge in [-0.2, -0.15) is 0 Å². The van der Waals surface area contributed by atoms with Gasteiger partial charge in [-0.25, -0.2) is 9.78 Å². The SMILES string of the molecule is O=C(O)c1c(Cl)nc(Cl)c2cc[nH]c12. The second-order valence-corrected chi connectivity index (χ2v) is 3.36. The molecule has 0 saturated carbocycles. The van der Waals surface area contributed by atoms with E-state index in [1.165, 1.54) is 0 Å². The fourth-order valence-electron chi connectivity index (χ4n) is 1.25. The molecule has 0 atom stereocenters. The summed E-state index contributed by atoms with van der Waals surface area (Å²) in [6.07, 6.45) is 1.58. The van der Waals surface area contributed by atoms with E-state index >= 15 is 0 Å². The lowest BCUT2D eigenvalue weighted by atomic mass is 10.2. The second kappa shape index (κ2) is 3.15. The van der Waals surface area contributed by atoms with Gasteiger partial charge in [-0.15, -0.1) is 0 Å². The molecule has 2 rings (SSSR count). The van der Waals surface area contributed by atoms with Crippen LogP contribution in [-0.4, -0.2) is 21.0 Å². The first-order chi connectivity index (χ1) is 6.61. The van der Waals surface area contributed by atoms with Gasteiger partial charge >= 0.3 is 5.97 Å². The maximum Gasteiger partial charge on any atom is 0.341 e. The molecule has 0 saturated heterocycles. The molecule has 2 heterocycles. The highest BCUT2D eigenvalue weighted by Crippen LogP contribution is 2.28. The molecule has 0 bridgehead atoms. The summed E-state index contributed by atoms with van der Waals surface area (Å²) in [4.78, 5) is 17.3. The summed E-state index contributed by atoms with van der Waals surface area (Å²) in [6, 6.07) is 1.65. The Hall–Kier alpha value is -1.26. The highest BCUT2D eigenvalue weighted by Gasteiger charge is 2.17. The number of aromatic nitrogens is 2. The summed E-state index contributed by atoms with van der Waals surface area (Å²) in [6.45, 7) is 0. The first-order valence-electron chi connectivity index (χ1n) is 3.66. The number of carboxylic acid groups (broad SMARTS) is 1. The number of aromatic carboxylic acids is 1. The lowest BCUT2D eigenvalue weighted by Crippen LogP contribution is -2.00. The monoisotopic (exact) mass is 230 g/mol. The van der Waals surface area contributed by atoms with Gasteiger partial charge in [0.25, 0.3) is 0 Å². The van der Waals surface area contributed by atoms with Gasteiger partial charge in [0.05, 0.1) is 5.52 Å². The number of carboxylic acids is 1.